The number of aromatic nitrogens is 2. The maximum atomic E-state index is 11.8. The van der Waals surface area contributed by atoms with Crippen molar-refractivity contribution in [3.05, 3.63) is 40.1 Å². The molecule has 0 saturated carbocycles. The zero-order chi connectivity index (χ0) is 16.0. The molecule has 1 aromatic heterocycles. The topological polar surface area (TPSA) is 52.0 Å². The zero-order valence-corrected chi connectivity index (χ0v) is 14.6. The third kappa shape index (κ3) is 3.37. The van der Waals surface area contributed by atoms with E-state index < -0.39 is 14.5 Å². The summed E-state index contributed by atoms with van der Waals surface area (Å²) < 4.78 is 25.0. The van der Waals surface area contributed by atoms with Crippen LogP contribution in [0.15, 0.2) is 29.2 Å². The summed E-state index contributed by atoms with van der Waals surface area (Å²) in [5.74, 6) is 0. The number of hydrogen-bond donors (Lipinski definition) is 0. The average molecular weight is 368 g/mol. The lowest BCUT2D eigenvalue weighted by molar-refractivity contribution is 0.544. The van der Waals surface area contributed by atoms with Gasteiger partial charge >= 0.3 is 0 Å². The molecule has 0 bridgehead atoms. The summed E-state index contributed by atoms with van der Waals surface area (Å²) in [6.45, 7) is 5.50. The van der Waals surface area contributed by atoms with Gasteiger partial charge in [0, 0.05) is 21.1 Å². The van der Waals surface area contributed by atoms with Gasteiger partial charge in [0.25, 0.3) is 9.05 Å². The first-order valence-electron chi connectivity index (χ1n) is 6.01. The standard InChI is InChI=1S/C13H13Cl3N2O2S/c1-13(2,3)11-10(21(16,19)20)12(15)18(17-11)9-6-4-5-8(14)7-9/h4-7H,1-3H3. The molecule has 0 N–H and O–H groups in total. The fraction of sp³-hybridized carbons (Fsp3) is 0.308. The van der Waals surface area contributed by atoms with Gasteiger partial charge in [-0.3, -0.25) is 0 Å². The van der Waals surface area contributed by atoms with E-state index in [0.29, 0.717) is 16.4 Å². The van der Waals surface area contributed by atoms with Crippen LogP contribution in [0.25, 0.3) is 5.69 Å². The molecule has 8 heteroatoms. The van der Waals surface area contributed by atoms with Crippen LogP contribution >= 0.6 is 33.9 Å². The van der Waals surface area contributed by atoms with Gasteiger partial charge < -0.3 is 0 Å². The van der Waals surface area contributed by atoms with Gasteiger partial charge in [-0.25, -0.2) is 13.1 Å². The molecule has 0 aliphatic heterocycles. The number of halogens is 3. The zero-order valence-electron chi connectivity index (χ0n) is 11.6. The van der Waals surface area contributed by atoms with E-state index in [2.05, 4.69) is 5.10 Å². The Morgan fingerprint density at radius 2 is 1.81 bits per heavy atom. The van der Waals surface area contributed by atoms with Crippen molar-refractivity contribution in [1.82, 2.24) is 9.78 Å². The molecule has 2 rings (SSSR count). The average Bonchev–Trinajstić information content (AvgIpc) is 2.66. The molecule has 114 valence electrons. The second kappa shape index (κ2) is 5.47. The Morgan fingerprint density at radius 1 is 1.19 bits per heavy atom. The van der Waals surface area contributed by atoms with Crippen molar-refractivity contribution in [1.29, 1.82) is 0 Å². The monoisotopic (exact) mass is 366 g/mol. The molecule has 0 spiro atoms. The van der Waals surface area contributed by atoms with Crippen molar-refractivity contribution in [3.63, 3.8) is 0 Å². The smallest absolute Gasteiger partial charge is 0.220 e. The van der Waals surface area contributed by atoms with Gasteiger partial charge in [-0.05, 0) is 18.2 Å². The summed E-state index contributed by atoms with van der Waals surface area (Å²) in [7, 11) is 1.49. The van der Waals surface area contributed by atoms with Crippen LogP contribution in [0.2, 0.25) is 10.2 Å². The van der Waals surface area contributed by atoms with Crippen molar-refractivity contribution in [2.45, 2.75) is 31.1 Å². The Bertz CT molecular complexity index is 792. The Balaban J connectivity index is 2.80. The van der Waals surface area contributed by atoms with Gasteiger partial charge in [0.1, 0.15) is 4.90 Å². The van der Waals surface area contributed by atoms with Crippen LogP contribution in [0.5, 0.6) is 0 Å². The fourth-order valence-corrected chi connectivity index (χ4v) is 4.01. The fourth-order valence-electron chi connectivity index (χ4n) is 1.87. The molecule has 1 aromatic carbocycles. The van der Waals surface area contributed by atoms with E-state index in [9.17, 15) is 8.42 Å². The number of nitrogens with zero attached hydrogens (tertiary/aromatic N) is 2. The van der Waals surface area contributed by atoms with Crippen LogP contribution in [0.4, 0.5) is 0 Å². The van der Waals surface area contributed by atoms with Crippen molar-refractivity contribution in [2.24, 2.45) is 0 Å². The van der Waals surface area contributed by atoms with Gasteiger partial charge in [0.05, 0.1) is 11.4 Å². The van der Waals surface area contributed by atoms with Gasteiger partial charge in [0.2, 0.25) is 0 Å². The summed E-state index contributed by atoms with van der Waals surface area (Å²) in [5.41, 5.74) is 0.331. The van der Waals surface area contributed by atoms with E-state index >= 15 is 0 Å². The molecule has 0 amide bonds. The highest BCUT2D eigenvalue weighted by Crippen LogP contribution is 2.36. The molecule has 1 heterocycles. The lowest BCUT2D eigenvalue weighted by atomic mass is 9.92. The van der Waals surface area contributed by atoms with E-state index in [1.54, 1.807) is 24.3 Å². The van der Waals surface area contributed by atoms with E-state index in [1.807, 2.05) is 20.8 Å². The van der Waals surface area contributed by atoms with Crippen LogP contribution in [0, 0.1) is 0 Å². The van der Waals surface area contributed by atoms with Crippen molar-refractivity contribution in [2.75, 3.05) is 0 Å². The highest BCUT2D eigenvalue weighted by Gasteiger charge is 2.33. The largest absolute Gasteiger partial charge is 0.266 e. The molecule has 0 aliphatic rings. The molecule has 0 unspecified atom stereocenters. The minimum absolute atomic E-state index is 0.0582. The van der Waals surface area contributed by atoms with Crippen LogP contribution in [-0.2, 0) is 14.5 Å². The highest BCUT2D eigenvalue weighted by molar-refractivity contribution is 8.13. The molecule has 0 fully saturated rings. The lowest BCUT2D eigenvalue weighted by Gasteiger charge is -2.16. The summed E-state index contributed by atoms with van der Waals surface area (Å²) >= 11 is 12.1. The summed E-state index contributed by atoms with van der Waals surface area (Å²) in [6.07, 6.45) is 0. The van der Waals surface area contributed by atoms with Gasteiger partial charge in [0.15, 0.2) is 5.15 Å². The van der Waals surface area contributed by atoms with Crippen LogP contribution in [0.3, 0.4) is 0 Å². The molecule has 2 aromatic rings. The lowest BCUT2D eigenvalue weighted by Crippen LogP contribution is -2.15. The first-order valence-corrected chi connectivity index (χ1v) is 9.08. The maximum absolute atomic E-state index is 11.8. The molecular weight excluding hydrogens is 355 g/mol. The Labute approximate surface area is 138 Å². The summed E-state index contributed by atoms with van der Waals surface area (Å²) in [6, 6.07) is 6.78. The van der Waals surface area contributed by atoms with Crippen LogP contribution in [0.1, 0.15) is 26.5 Å². The van der Waals surface area contributed by atoms with Crippen molar-refractivity contribution < 1.29 is 8.42 Å². The first-order chi connectivity index (χ1) is 9.51. The maximum Gasteiger partial charge on any atom is 0.266 e. The molecule has 0 saturated heterocycles. The van der Waals surface area contributed by atoms with Gasteiger partial charge in [-0.15, -0.1) is 0 Å². The molecule has 0 radical (unpaired) electrons. The summed E-state index contributed by atoms with van der Waals surface area (Å²) in [4.78, 5) is -0.168. The predicted molar refractivity (Wildman–Crippen MR) is 85.3 cm³/mol. The summed E-state index contributed by atoms with van der Waals surface area (Å²) in [5, 5.41) is 4.76. The van der Waals surface area contributed by atoms with E-state index in [-0.39, 0.29) is 10.0 Å². The normalized spacial score (nSPS) is 12.7. The number of rotatable bonds is 2. The quantitative estimate of drug-likeness (QED) is 0.739. The molecule has 0 atom stereocenters. The molecule has 4 nitrogen and oxygen atoms in total. The second-order valence-corrected chi connectivity index (χ2v) is 8.85. The van der Waals surface area contributed by atoms with E-state index in [1.165, 1.54) is 4.68 Å². The number of benzene rings is 1. The Kier molecular flexibility index (Phi) is 4.32. The van der Waals surface area contributed by atoms with Gasteiger partial charge in [-0.2, -0.15) is 5.10 Å². The Hall–Kier alpha value is -0.750. The van der Waals surface area contributed by atoms with E-state index in [0.717, 1.165) is 0 Å². The van der Waals surface area contributed by atoms with Crippen LogP contribution in [-0.4, -0.2) is 18.2 Å². The SMILES string of the molecule is CC(C)(C)c1nn(-c2cccc(Cl)c2)c(Cl)c1S(=O)(=O)Cl. The van der Waals surface area contributed by atoms with Crippen molar-refractivity contribution >= 4 is 42.9 Å². The van der Waals surface area contributed by atoms with Gasteiger partial charge in [-0.1, -0.05) is 50.0 Å². The molecule has 21 heavy (non-hydrogen) atoms. The van der Waals surface area contributed by atoms with Crippen LogP contribution < -0.4 is 0 Å². The minimum Gasteiger partial charge on any atom is -0.220 e. The third-order valence-electron chi connectivity index (χ3n) is 2.80. The first kappa shape index (κ1) is 16.6. The third-order valence-corrected chi connectivity index (χ3v) is 4.83. The molecule has 0 aliphatic carbocycles. The second-order valence-electron chi connectivity index (χ2n) is 5.55. The minimum atomic E-state index is -4.02. The molecular formula is C13H13Cl3N2O2S. The Morgan fingerprint density at radius 3 is 2.24 bits per heavy atom. The van der Waals surface area contributed by atoms with E-state index in [4.69, 9.17) is 33.9 Å². The predicted octanol–water partition coefficient (Wildman–Crippen LogP) is 4.40. The highest BCUT2D eigenvalue weighted by atomic mass is 35.7. The van der Waals surface area contributed by atoms with Crippen molar-refractivity contribution in [3.8, 4) is 5.69 Å². The number of hydrogen-bond acceptors (Lipinski definition) is 3.